The number of aromatic nitrogens is 1. The van der Waals surface area contributed by atoms with Crippen molar-refractivity contribution in [3.8, 4) is 17.0 Å². The van der Waals surface area contributed by atoms with Gasteiger partial charge in [-0.1, -0.05) is 12.1 Å². The third-order valence-corrected chi connectivity index (χ3v) is 7.81. The lowest BCUT2D eigenvalue weighted by Gasteiger charge is -2.08. The summed E-state index contributed by atoms with van der Waals surface area (Å²) in [6.45, 7) is -2.94. The average Bonchev–Trinajstić information content (AvgIpc) is 3.19. The molecule has 1 amide bonds. The van der Waals surface area contributed by atoms with Crippen LogP contribution in [0.25, 0.3) is 11.3 Å². The van der Waals surface area contributed by atoms with Gasteiger partial charge >= 0.3 is 6.61 Å². The molecule has 1 unspecified atom stereocenters. The van der Waals surface area contributed by atoms with Crippen molar-refractivity contribution in [3.63, 3.8) is 0 Å². The molecule has 1 aromatic carbocycles. The van der Waals surface area contributed by atoms with Crippen molar-refractivity contribution in [3.05, 3.63) is 29.6 Å². The number of rotatable bonds is 7. The van der Waals surface area contributed by atoms with E-state index in [0.717, 1.165) is 0 Å². The molecule has 1 atom stereocenters. The number of para-hydroxylation sites is 1. The average molecular weight is 435 g/mol. The Morgan fingerprint density at radius 2 is 2.19 bits per heavy atom. The molecule has 2 aromatic rings. The molecule has 1 aliphatic rings. The summed E-state index contributed by atoms with van der Waals surface area (Å²) in [6, 6.07) is 6.29. The second-order valence-corrected chi connectivity index (χ2v) is 10.2. The Bertz CT molecular complexity index is 918. The topological polar surface area (TPSA) is 85.4 Å². The molecule has 2 heterocycles. The van der Waals surface area contributed by atoms with E-state index in [1.54, 1.807) is 23.6 Å². The van der Waals surface area contributed by atoms with Crippen LogP contribution in [0, 0.1) is 0 Å². The fraction of sp³-hybridized carbons (Fsp3) is 0.375. The van der Waals surface area contributed by atoms with Crippen LogP contribution in [0.3, 0.4) is 0 Å². The number of anilines is 1. The van der Waals surface area contributed by atoms with E-state index < -0.39 is 16.4 Å². The summed E-state index contributed by atoms with van der Waals surface area (Å²) in [7, 11) is -2.97. The highest BCUT2D eigenvalue weighted by Crippen LogP contribution is 2.33. The first kappa shape index (κ1) is 20.0. The third-order valence-electron chi connectivity index (χ3n) is 3.77. The molecule has 11 heteroatoms. The lowest BCUT2D eigenvalue weighted by molar-refractivity contribution is -0.113. The minimum Gasteiger partial charge on any atom is -0.434 e. The molecule has 0 aliphatic carbocycles. The summed E-state index contributed by atoms with van der Waals surface area (Å²) in [5, 5.41) is 4.56. The summed E-state index contributed by atoms with van der Waals surface area (Å²) >= 11 is 2.48. The number of thiazole rings is 1. The van der Waals surface area contributed by atoms with Gasteiger partial charge in [0.1, 0.15) is 5.75 Å². The maximum atomic E-state index is 12.5. The predicted octanol–water partition coefficient (Wildman–Crippen LogP) is 3.27. The summed E-state index contributed by atoms with van der Waals surface area (Å²) in [5.41, 5.74) is 0.821. The van der Waals surface area contributed by atoms with Crippen LogP contribution in [0.15, 0.2) is 29.6 Å². The molecule has 6 nitrogen and oxygen atoms in total. The molecule has 0 saturated carbocycles. The SMILES string of the molecule is O=C(CSC1CCS(=O)(=O)C1)Nc1nc(-c2ccccc2OC(F)F)cs1. The quantitative estimate of drug-likeness (QED) is 0.720. The fourth-order valence-electron chi connectivity index (χ4n) is 2.57. The second kappa shape index (κ2) is 8.53. The molecule has 0 bridgehead atoms. The van der Waals surface area contributed by atoms with Crippen molar-refractivity contribution in [2.45, 2.75) is 18.3 Å². The van der Waals surface area contributed by atoms with E-state index >= 15 is 0 Å². The number of ether oxygens (including phenoxy) is 1. The molecule has 0 radical (unpaired) electrons. The number of nitrogens with one attached hydrogen (secondary N) is 1. The zero-order valence-corrected chi connectivity index (χ0v) is 16.4. The fourth-order valence-corrected chi connectivity index (χ4v) is 6.74. The molecule has 1 fully saturated rings. The standard InChI is InChI=1S/C16H16F2N2O4S3/c17-15(18)24-13-4-2-1-3-11(13)12-7-26-16(19-12)20-14(21)8-25-10-5-6-27(22,23)9-10/h1-4,7,10,15H,5-6,8-9H2,(H,19,20,21). The van der Waals surface area contributed by atoms with Gasteiger partial charge in [0.05, 0.1) is 23.0 Å². The molecule has 1 aromatic heterocycles. The normalized spacial score (nSPS) is 18.6. The van der Waals surface area contributed by atoms with E-state index in [4.69, 9.17) is 0 Å². The monoisotopic (exact) mass is 434 g/mol. The van der Waals surface area contributed by atoms with Crippen LogP contribution in [0.5, 0.6) is 5.75 Å². The Hall–Kier alpha value is -1.72. The highest BCUT2D eigenvalue weighted by Gasteiger charge is 2.28. The number of halogens is 2. The van der Waals surface area contributed by atoms with Crippen molar-refractivity contribution in [1.82, 2.24) is 4.98 Å². The van der Waals surface area contributed by atoms with Crippen LogP contribution in [-0.2, 0) is 14.6 Å². The van der Waals surface area contributed by atoms with Crippen LogP contribution < -0.4 is 10.1 Å². The Balaban J connectivity index is 1.59. The molecule has 146 valence electrons. The van der Waals surface area contributed by atoms with Gasteiger partial charge in [-0.3, -0.25) is 4.79 Å². The predicted molar refractivity (Wildman–Crippen MR) is 102 cm³/mol. The number of thioether (sulfide) groups is 1. The van der Waals surface area contributed by atoms with Gasteiger partial charge < -0.3 is 10.1 Å². The van der Waals surface area contributed by atoms with Crippen LogP contribution in [-0.4, -0.2) is 48.4 Å². The van der Waals surface area contributed by atoms with Crippen molar-refractivity contribution in [2.75, 3.05) is 22.6 Å². The Morgan fingerprint density at radius 1 is 1.41 bits per heavy atom. The number of hydrogen-bond acceptors (Lipinski definition) is 7. The van der Waals surface area contributed by atoms with E-state index in [-0.39, 0.29) is 34.2 Å². The van der Waals surface area contributed by atoms with Gasteiger partial charge in [-0.05, 0) is 18.6 Å². The number of carbonyl (C=O) groups excluding carboxylic acids is 1. The summed E-state index contributed by atoms with van der Waals surface area (Å²) in [5.74, 6) is 0.117. The zero-order valence-electron chi connectivity index (χ0n) is 13.9. The highest BCUT2D eigenvalue weighted by atomic mass is 32.2. The van der Waals surface area contributed by atoms with Crippen molar-refractivity contribution < 1.29 is 26.7 Å². The van der Waals surface area contributed by atoms with Crippen molar-refractivity contribution in [2.24, 2.45) is 0 Å². The summed E-state index contributed by atoms with van der Waals surface area (Å²) in [6.07, 6.45) is 0.558. The summed E-state index contributed by atoms with van der Waals surface area (Å²) in [4.78, 5) is 16.3. The van der Waals surface area contributed by atoms with E-state index in [0.29, 0.717) is 22.8 Å². The lowest BCUT2D eigenvalue weighted by atomic mass is 10.1. The Kier molecular flexibility index (Phi) is 6.33. The van der Waals surface area contributed by atoms with Gasteiger partial charge in [0.2, 0.25) is 5.91 Å². The zero-order chi connectivity index (χ0) is 19.4. The molecule has 1 N–H and O–H groups in total. The largest absolute Gasteiger partial charge is 0.434 e. The van der Waals surface area contributed by atoms with Crippen molar-refractivity contribution in [1.29, 1.82) is 0 Å². The maximum Gasteiger partial charge on any atom is 0.387 e. The maximum absolute atomic E-state index is 12.5. The van der Waals surface area contributed by atoms with Crippen LogP contribution in [0.4, 0.5) is 13.9 Å². The van der Waals surface area contributed by atoms with Crippen LogP contribution in [0.1, 0.15) is 6.42 Å². The first-order chi connectivity index (χ1) is 12.8. The number of carbonyl (C=O) groups is 1. The molecule has 27 heavy (non-hydrogen) atoms. The molecule has 1 saturated heterocycles. The molecule has 3 rings (SSSR count). The molecular formula is C16H16F2N2O4S3. The minimum absolute atomic E-state index is 0.00803. The van der Waals surface area contributed by atoms with Crippen LogP contribution in [0.2, 0.25) is 0 Å². The van der Waals surface area contributed by atoms with E-state index in [1.807, 2.05) is 0 Å². The first-order valence-electron chi connectivity index (χ1n) is 7.94. The van der Waals surface area contributed by atoms with Gasteiger partial charge in [-0.25, -0.2) is 13.4 Å². The smallest absolute Gasteiger partial charge is 0.387 e. The summed E-state index contributed by atoms with van der Waals surface area (Å²) < 4.78 is 52.4. The van der Waals surface area contributed by atoms with Crippen molar-refractivity contribution >= 4 is 44.0 Å². The Morgan fingerprint density at radius 3 is 2.89 bits per heavy atom. The second-order valence-electron chi connectivity index (χ2n) is 5.80. The minimum atomic E-state index is -2.97. The lowest BCUT2D eigenvalue weighted by Crippen LogP contribution is -2.17. The Labute approximate surface area is 163 Å². The van der Waals surface area contributed by atoms with Gasteiger partial charge in [-0.15, -0.1) is 23.1 Å². The number of nitrogens with zero attached hydrogens (tertiary/aromatic N) is 1. The molecule has 0 spiro atoms. The first-order valence-corrected chi connectivity index (χ1v) is 11.7. The molecular weight excluding hydrogens is 418 g/mol. The van der Waals surface area contributed by atoms with Gasteiger partial charge in [0.25, 0.3) is 0 Å². The van der Waals surface area contributed by atoms with Crippen LogP contribution >= 0.6 is 23.1 Å². The van der Waals surface area contributed by atoms with E-state index in [1.165, 1.54) is 29.2 Å². The number of benzene rings is 1. The molecule has 1 aliphatic heterocycles. The van der Waals surface area contributed by atoms with E-state index in [2.05, 4.69) is 15.0 Å². The van der Waals surface area contributed by atoms with Gasteiger partial charge in [0, 0.05) is 16.2 Å². The number of sulfone groups is 1. The third kappa shape index (κ3) is 5.63. The number of amides is 1. The number of hydrogen-bond donors (Lipinski definition) is 1. The van der Waals surface area contributed by atoms with E-state index in [9.17, 15) is 22.0 Å². The highest BCUT2D eigenvalue weighted by molar-refractivity contribution is 8.02. The van der Waals surface area contributed by atoms with Gasteiger partial charge in [-0.2, -0.15) is 8.78 Å². The van der Waals surface area contributed by atoms with Gasteiger partial charge in [0.15, 0.2) is 15.0 Å². The number of alkyl halides is 2.